The SMILES string of the molecule is CCCCCCCCCCCCCCCCCCCCCCCCCCCC(O)C(=O)NC(CO)C(O)CCCCCCCCCCCCCCCCCCCCCCCC. The van der Waals surface area contributed by atoms with Crippen molar-refractivity contribution in [1.29, 1.82) is 0 Å². The van der Waals surface area contributed by atoms with E-state index >= 15 is 0 Å². The number of carbonyl (C=O) groups excluding carboxylic acids is 1. The fraction of sp³-hybridized carbons (Fsp3) is 0.982. The second-order valence-electron chi connectivity index (χ2n) is 19.9. The molecule has 61 heavy (non-hydrogen) atoms. The summed E-state index contributed by atoms with van der Waals surface area (Å²) in [6, 6.07) is -0.707. The summed E-state index contributed by atoms with van der Waals surface area (Å²) in [5.74, 6) is -0.462. The van der Waals surface area contributed by atoms with Gasteiger partial charge in [0.1, 0.15) is 6.10 Å². The van der Waals surface area contributed by atoms with E-state index in [1.807, 2.05) is 0 Å². The molecule has 0 saturated carbocycles. The Kier molecular flexibility index (Phi) is 51.4. The molecule has 0 aromatic rings. The molecule has 3 unspecified atom stereocenters. The smallest absolute Gasteiger partial charge is 0.249 e. The first-order chi connectivity index (χ1) is 30.1. The molecule has 0 aliphatic rings. The van der Waals surface area contributed by atoms with Crippen LogP contribution in [0.1, 0.15) is 328 Å². The Morgan fingerprint density at radius 3 is 0.738 bits per heavy atom. The fourth-order valence-electron chi connectivity index (χ4n) is 9.31. The van der Waals surface area contributed by atoms with Crippen LogP contribution in [0.25, 0.3) is 0 Å². The summed E-state index contributed by atoms with van der Waals surface area (Å²) >= 11 is 0. The molecular formula is C56H113NO4. The number of nitrogens with one attached hydrogen (secondary N) is 1. The van der Waals surface area contributed by atoms with Gasteiger partial charge in [0.25, 0.3) is 0 Å². The molecule has 0 aliphatic carbocycles. The number of aliphatic hydroxyl groups is 3. The lowest BCUT2D eigenvalue weighted by Crippen LogP contribution is -2.49. The molecule has 0 rings (SSSR count). The highest BCUT2D eigenvalue weighted by Crippen LogP contribution is 2.19. The average molecular weight is 865 g/mol. The number of hydrogen-bond acceptors (Lipinski definition) is 4. The lowest BCUT2D eigenvalue weighted by molar-refractivity contribution is -0.131. The van der Waals surface area contributed by atoms with Crippen molar-refractivity contribution in [3.8, 4) is 0 Å². The van der Waals surface area contributed by atoms with Gasteiger partial charge in [0.2, 0.25) is 5.91 Å². The molecule has 366 valence electrons. The zero-order chi connectivity index (χ0) is 44.4. The molecule has 0 bridgehead atoms. The molecule has 0 heterocycles. The van der Waals surface area contributed by atoms with Gasteiger partial charge in [0.05, 0.1) is 18.8 Å². The van der Waals surface area contributed by atoms with Crippen LogP contribution in [0, 0.1) is 0 Å². The monoisotopic (exact) mass is 864 g/mol. The Labute approximate surface area is 383 Å². The van der Waals surface area contributed by atoms with Gasteiger partial charge in [-0.1, -0.05) is 316 Å². The number of hydrogen-bond donors (Lipinski definition) is 4. The summed E-state index contributed by atoms with van der Waals surface area (Å²) in [4.78, 5) is 12.6. The Morgan fingerprint density at radius 2 is 0.525 bits per heavy atom. The van der Waals surface area contributed by atoms with Crippen molar-refractivity contribution in [3.63, 3.8) is 0 Å². The molecule has 0 aromatic carbocycles. The number of carbonyl (C=O) groups is 1. The third-order valence-corrected chi connectivity index (χ3v) is 13.7. The van der Waals surface area contributed by atoms with Crippen molar-refractivity contribution in [2.45, 2.75) is 347 Å². The third kappa shape index (κ3) is 47.1. The van der Waals surface area contributed by atoms with E-state index in [9.17, 15) is 20.1 Å². The van der Waals surface area contributed by atoms with Gasteiger partial charge < -0.3 is 20.6 Å². The van der Waals surface area contributed by atoms with E-state index in [-0.39, 0.29) is 6.61 Å². The van der Waals surface area contributed by atoms with E-state index in [1.165, 1.54) is 270 Å². The van der Waals surface area contributed by atoms with Crippen molar-refractivity contribution < 1.29 is 20.1 Å². The van der Waals surface area contributed by atoms with Crippen molar-refractivity contribution in [2.24, 2.45) is 0 Å². The van der Waals surface area contributed by atoms with Crippen molar-refractivity contribution >= 4 is 5.91 Å². The van der Waals surface area contributed by atoms with Crippen molar-refractivity contribution in [1.82, 2.24) is 5.32 Å². The maximum atomic E-state index is 12.6. The van der Waals surface area contributed by atoms with Crippen LogP contribution in [-0.2, 0) is 4.79 Å². The summed E-state index contributed by atoms with van der Waals surface area (Å²) in [6.45, 7) is 4.28. The Hall–Kier alpha value is -0.650. The number of aliphatic hydroxyl groups excluding tert-OH is 3. The summed E-state index contributed by atoms with van der Waals surface area (Å²) in [5.41, 5.74) is 0. The largest absolute Gasteiger partial charge is 0.394 e. The van der Waals surface area contributed by atoms with Crippen LogP contribution in [0.4, 0.5) is 0 Å². The summed E-state index contributed by atoms with van der Waals surface area (Å²) in [6.07, 6.45) is 62.9. The van der Waals surface area contributed by atoms with Crippen LogP contribution in [-0.4, -0.2) is 46.1 Å². The van der Waals surface area contributed by atoms with Crippen LogP contribution in [0.2, 0.25) is 0 Å². The van der Waals surface area contributed by atoms with E-state index in [0.29, 0.717) is 12.8 Å². The first-order valence-electron chi connectivity index (χ1n) is 28.3. The quantitative estimate of drug-likeness (QED) is 0.0459. The standard InChI is InChI=1S/C56H113NO4/c1-3-5-7-9-11-13-15-17-19-21-23-25-27-28-29-31-33-35-37-39-41-43-45-47-49-51-55(60)56(61)57-53(52-58)54(59)50-48-46-44-42-40-38-36-34-32-30-26-24-22-20-18-16-14-12-10-8-6-4-2/h53-55,58-60H,3-52H2,1-2H3,(H,57,61). The molecule has 1 amide bonds. The third-order valence-electron chi connectivity index (χ3n) is 13.7. The molecule has 0 spiro atoms. The second-order valence-corrected chi connectivity index (χ2v) is 19.9. The molecular weight excluding hydrogens is 751 g/mol. The van der Waals surface area contributed by atoms with Gasteiger partial charge in [0.15, 0.2) is 0 Å². The fourth-order valence-corrected chi connectivity index (χ4v) is 9.31. The van der Waals surface area contributed by atoms with Crippen molar-refractivity contribution in [2.75, 3.05) is 6.61 Å². The van der Waals surface area contributed by atoms with Gasteiger partial charge in [0, 0.05) is 0 Å². The van der Waals surface area contributed by atoms with E-state index in [0.717, 1.165) is 32.1 Å². The molecule has 0 saturated heterocycles. The van der Waals surface area contributed by atoms with E-state index in [4.69, 9.17) is 0 Å². The summed E-state index contributed by atoms with van der Waals surface area (Å²) in [7, 11) is 0. The lowest BCUT2D eigenvalue weighted by Gasteiger charge is -2.23. The number of rotatable bonds is 53. The van der Waals surface area contributed by atoms with E-state index < -0.39 is 24.2 Å². The van der Waals surface area contributed by atoms with Gasteiger partial charge in [-0.25, -0.2) is 0 Å². The highest BCUT2D eigenvalue weighted by molar-refractivity contribution is 5.80. The Balaban J connectivity index is 3.49. The summed E-state index contributed by atoms with van der Waals surface area (Å²) in [5, 5.41) is 33.6. The van der Waals surface area contributed by atoms with Gasteiger partial charge in [-0.05, 0) is 12.8 Å². The molecule has 3 atom stereocenters. The lowest BCUT2D eigenvalue weighted by atomic mass is 10.0. The first-order valence-corrected chi connectivity index (χ1v) is 28.3. The molecule has 5 nitrogen and oxygen atoms in total. The van der Waals surface area contributed by atoms with Crippen LogP contribution >= 0.6 is 0 Å². The molecule has 0 radical (unpaired) electrons. The van der Waals surface area contributed by atoms with Crippen LogP contribution in [0.15, 0.2) is 0 Å². The maximum absolute atomic E-state index is 12.6. The van der Waals surface area contributed by atoms with E-state index in [1.54, 1.807) is 0 Å². The second kappa shape index (κ2) is 52.0. The normalized spacial score (nSPS) is 13.2. The molecule has 0 fully saturated rings. The van der Waals surface area contributed by atoms with Crippen LogP contribution in [0.3, 0.4) is 0 Å². The van der Waals surface area contributed by atoms with Gasteiger partial charge >= 0.3 is 0 Å². The predicted molar refractivity (Wildman–Crippen MR) is 269 cm³/mol. The first kappa shape index (κ1) is 60.4. The molecule has 4 N–H and O–H groups in total. The maximum Gasteiger partial charge on any atom is 0.249 e. The van der Waals surface area contributed by atoms with Crippen LogP contribution in [0.5, 0.6) is 0 Å². The van der Waals surface area contributed by atoms with Gasteiger partial charge in [-0.3, -0.25) is 4.79 Å². The Bertz CT molecular complexity index is 822. The Morgan fingerprint density at radius 1 is 0.328 bits per heavy atom. The molecule has 0 aromatic heterocycles. The van der Waals surface area contributed by atoms with Crippen LogP contribution < -0.4 is 5.32 Å². The number of unbranched alkanes of at least 4 members (excludes halogenated alkanes) is 45. The minimum absolute atomic E-state index is 0.307. The van der Waals surface area contributed by atoms with E-state index in [2.05, 4.69) is 19.2 Å². The predicted octanol–water partition coefficient (Wildman–Crippen LogP) is 17.3. The minimum Gasteiger partial charge on any atom is -0.394 e. The highest BCUT2D eigenvalue weighted by Gasteiger charge is 2.23. The zero-order valence-corrected chi connectivity index (χ0v) is 41.8. The minimum atomic E-state index is -1.07. The highest BCUT2D eigenvalue weighted by atomic mass is 16.3. The average Bonchev–Trinajstić information content (AvgIpc) is 3.26. The molecule has 0 aliphatic heterocycles. The van der Waals surface area contributed by atoms with Gasteiger partial charge in [-0.2, -0.15) is 0 Å². The topological polar surface area (TPSA) is 89.8 Å². The summed E-state index contributed by atoms with van der Waals surface area (Å²) < 4.78 is 0. The zero-order valence-electron chi connectivity index (χ0n) is 41.8. The van der Waals surface area contributed by atoms with Crippen molar-refractivity contribution in [3.05, 3.63) is 0 Å². The van der Waals surface area contributed by atoms with Gasteiger partial charge in [-0.15, -0.1) is 0 Å². The molecule has 5 heteroatoms. The number of amides is 1.